The molecule has 12 nitrogen and oxygen atoms in total. The fraction of sp³-hybridized carbons (Fsp3) is 0.537. The Morgan fingerprint density at radius 2 is 1.08 bits per heavy atom. The molecule has 3 aromatic rings. The number of benzene rings is 2. The molecule has 4 aliphatic rings. The standard InChI is InChI=1S/C41H51N5O7/c47-34-19-32(45(24-34)40(51)28-7-3-1-4-8-28)21-37(49)43-30-15-11-26(12-16-30)36-23-42-39(53-36)27-13-17-31(18-14-27)44-38(50)22-33-20-35(48)25-46(33)41(52)29-9-5-2-6-10-29/h11-18,23,28-29,32-35,47-48H,1-10,19-22,24-25H2,(H,43,49)(H,44,50)/t32-,33-,34+,35+/m0/s1. The molecule has 0 radical (unpaired) electrons. The first-order valence-corrected chi connectivity index (χ1v) is 19.4. The van der Waals surface area contributed by atoms with Crippen molar-refractivity contribution in [3.63, 3.8) is 0 Å². The lowest BCUT2D eigenvalue weighted by Crippen LogP contribution is -2.42. The maximum absolute atomic E-state index is 13.2. The minimum atomic E-state index is -0.608. The maximum atomic E-state index is 13.2. The van der Waals surface area contributed by atoms with E-state index in [1.165, 1.54) is 0 Å². The Bertz CT molecular complexity index is 1620. The molecule has 4 amide bonds. The lowest BCUT2D eigenvalue weighted by molar-refractivity contribution is -0.139. The van der Waals surface area contributed by atoms with Crippen molar-refractivity contribution in [2.45, 2.75) is 114 Å². The number of β-amino-alcohol motifs (C(OH)–C–C–N with tert-alkyl or cyclic N) is 2. The van der Waals surface area contributed by atoms with Crippen LogP contribution >= 0.6 is 0 Å². The highest BCUT2D eigenvalue weighted by Gasteiger charge is 2.39. The van der Waals surface area contributed by atoms with Gasteiger partial charge < -0.3 is 35.1 Å². The van der Waals surface area contributed by atoms with E-state index in [9.17, 15) is 29.4 Å². The fourth-order valence-corrected chi connectivity index (χ4v) is 8.69. The van der Waals surface area contributed by atoms with Crippen LogP contribution in [0.1, 0.15) is 89.9 Å². The molecule has 2 saturated carbocycles. The molecule has 4 atom stereocenters. The van der Waals surface area contributed by atoms with Gasteiger partial charge in [0, 0.05) is 72.4 Å². The van der Waals surface area contributed by atoms with Crippen molar-refractivity contribution in [1.29, 1.82) is 0 Å². The number of likely N-dealkylation sites (tertiary alicyclic amines) is 2. The third-order valence-electron chi connectivity index (χ3n) is 11.5. The summed E-state index contributed by atoms with van der Waals surface area (Å²) in [5.74, 6) is 0.696. The van der Waals surface area contributed by atoms with Crippen LogP contribution in [0.3, 0.4) is 0 Å². The second-order valence-electron chi connectivity index (χ2n) is 15.4. The molecule has 2 aliphatic heterocycles. The van der Waals surface area contributed by atoms with E-state index in [0.29, 0.717) is 35.9 Å². The number of nitrogens with zero attached hydrogens (tertiary/aromatic N) is 3. The zero-order chi connectivity index (χ0) is 36.9. The maximum Gasteiger partial charge on any atom is 0.226 e. The third kappa shape index (κ3) is 8.98. The van der Waals surface area contributed by atoms with E-state index in [-0.39, 0.29) is 73.5 Å². The van der Waals surface area contributed by atoms with E-state index in [2.05, 4.69) is 15.6 Å². The topological polar surface area (TPSA) is 165 Å². The largest absolute Gasteiger partial charge is 0.436 e. The van der Waals surface area contributed by atoms with Gasteiger partial charge in [-0.25, -0.2) is 4.98 Å². The Balaban J connectivity index is 0.900. The van der Waals surface area contributed by atoms with Gasteiger partial charge in [0.05, 0.1) is 18.4 Å². The number of rotatable bonds is 10. The van der Waals surface area contributed by atoms with Crippen molar-refractivity contribution in [3.8, 4) is 22.8 Å². The van der Waals surface area contributed by atoms with Gasteiger partial charge in [0.25, 0.3) is 0 Å². The number of hydrogen-bond donors (Lipinski definition) is 4. The van der Waals surface area contributed by atoms with E-state index in [1.807, 2.05) is 24.3 Å². The molecule has 4 fully saturated rings. The van der Waals surface area contributed by atoms with Gasteiger partial charge in [-0.3, -0.25) is 19.2 Å². The summed E-state index contributed by atoms with van der Waals surface area (Å²) in [6, 6.07) is 13.8. The van der Waals surface area contributed by atoms with Crippen molar-refractivity contribution >= 4 is 35.0 Å². The Kier molecular flexibility index (Phi) is 11.5. The van der Waals surface area contributed by atoms with Gasteiger partial charge in [-0.1, -0.05) is 38.5 Å². The first-order chi connectivity index (χ1) is 25.7. The molecule has 4 N–H and O–H groups in total. The first kappa shape index (κ1) is 36.8. The number of carbonyl (C=O) groups excluding carboxylic acids is 4. The summed E-state index contributed by atoms with van der Waals surface area (Å²) < 4.78 is 6.06. The number of aromatic nitrogens is 1. The number of oxazole rings is 1. The van der Waals surface area contributed by atoms with Crippen molar-refractivity contribution in [3.05, 3.63) is 54.7 Å². The average molecular weight is 726 g/mol. The Labute approximate surface area is 310 Å². The molecule has 53 heavy (non-hydrogen) atoms. The number of anilines is 2. The second kappa shape index (κ2) is 16.6. The van der Waals surface area contributed by atoms with Gasteiger partial charge in [0.15, 0.2) is 5.76 Å². The van der Waals surface area contributed by atoms with Crippen LogP contribution < -0.4 is 10.6 Å². The molecule has 2 aromatic carbocycles. The molecule has 3 heterocycles. The normalized spacial score (nSPS) is 24.0. The quantitative estimate of drug-likeness (QED) is 0.205. The van der Waals surface area contributed by atoms with Crippen LogP contribution in [0.15, 0.2) is 59.1 Å². The van der Waals surface area contributed by atoms with Crippen molar-refractivity contribution < 1.29 is 33.8 Å². The van der Waals surface area contributed by atoms with Crippen LogP contribution in [0.2, 0.25) is 0 Å². The molecule has 0 spiro atoms. The number of aliphatic hydroxyl groups excluding tert-OH is 2. The van der Waals surface area contributed by atoms with Crippen molar-refractivity contribution in [2.24, 2.45) is 11.8 Å². The average Bonchev–Trinajstić information content (AvgIpc) is 3.90. The summed E-state index contributed by atoms with van der Waals surface area (Å²) >= 11 is 0. The van der Waals surface area contributed by atoms with E-state index >= 15 is 0 Å². The highest BCUT2D eigenvalue weighted by atomic mass is 16.4. The van der Waals surface area contributed by atoms with E-state index < -0.39 is 12.2 Å². The van der Waals surface area contributed by atoms with Crippen molar-refractivity contribution in [2.75, 3.05) is 23.7 Å². The smallest absolute Gasteiger partial charge is 0.226 e. The number of aliphatic hydroxyl groups is 2. The first-order valence-electron chi connectivity index (χ1n) is 19.4. The van der Waals surface area contributed by atoms with Gasteiger partial charge in [-0.2, -0.15) is 0 Å². The molecular formula is C41H51N5O7. The third-order valence-corrected chi connectivity index (χ3v) is 11.5. The van der Waals surface area contributed by atoms with Crippen molar-refractivity contribution in [1.82, 2.24) is 14.8 Å². The van der Waals surface area contributed by atoms with Crippen LogP contribution in [-0.4, -0.2) is 86.0 Å². The highest BCUT2D eigenvalue weighted by Crippen LogP contribution is 2.33. The van der Waals surface area contributed by atoms with E-state index in [1.54, 1.807) is 40.3 Å². The molecule has 1 aromatic heterocycles. The predicted molar refractivity (Wildman–Crippen MR) is 199 cm³/mol. The molecule has 282 valence electrons. The number of hydrogen-bond acceptors (Lipinski definition) is 8. The van der Waals surface area contributed by atoms with Gasteiger partial charge in [0.2, 0.25) is 29.5 Å². The second-order valence-corrected chi connectivity index (χ2v) is 15.4. The minimum Gasteiger partial charge on any atom is -0.436 e. The molecule has 2 saturated heterocycles. The number of amides is 4. The Morgan fingerprint density at radius 3 is 1.53 bits per heavy atom. The summed E-state index contributed by atoms with van der Waals surface area (Å²) in [4.78, 5) is 60.2. The molecule has 0 bridgehead atoms. The summed E-state index contributed by atoms with van der Waals surface area (Å²) in [6.07, 6.45) is 11.6. The monoisotopic (exact) mass is 725 g/mol. The zero-order valence-electron chi connectivity index (χ0n) is 30.3. The summed E-state index contributed by atoms with van der Waals surface area (Å²) in [5.41, 5.74) is 2.74. The highest BCUT2D eigenvalue weighted by molar-refractivity contribution is 5.93. The van der Waals surface area contributed by atoms with Gasteiger partial charge in [0.1, 0.15) is 0 Å². The van der Waals surface area contributed by atoms with Gasteiger partial charge >= 0.3 is 0 Å². The predicted octanol–water partition coefficient (Wildman–Crippen LogP) is 5.75. The summed E-state index contributed by atoms with van der Waals surface area (Å²) in [6.45, 7) is 0.578. The fourth-order valence-electron chi connectivity index (χ4n) is 8.69. The Hall–Kier alpha value is -4.55. The minimum absolute atomic E-state index is 0.00339. The van der Waals surface area contributed by atoms with Gasteiger partial charge in [-0.15, -0.1) is 0 Å². The molecular weight excluding hydrogens is 674 g/mol. The van der Waals surface area contributed by atoms with E-state index in [4.69, 9.17) is 4.42 Å². The number of nitrogens with one attached hydrogen (secondary N) is 2. The molecule has 2 aliphatic carbocycles. The lowest BCUT2D eigenvalue weighted by atomic mass is 9.88. The molecule has 0 unspecified atom stereocenters. The van der Waals surface area contributed by atoms with Crippen LogP contribution in [0, 0.1) is 11.8 Å². The molecule has 7 rings (SSSR count). The van der Waals surface area contributed by atoms with Crippen LogP contribution in [-0.2, 0) is 19.2 Å². The zero-order valence-corrected chi connectivity index (χ0v) is 30.3. The molecule has 12 heteroatoms. The van der Waals surface area contributed by atoms with Crippen LogP contribution in [0.4, 0.5) is 11.4 Å². The van der Waals surface area contributed by atoms with Gasteiger partial charge in [-0.05, 0) is 87.1 Å². The number of carbonyl (C=O) groups is 4. The SMILES string of the molecule is O=C(C[C@@H]1C[C@@H](O)CN1C(=O)C1CCCCC1)Nc1ccc(-c2cnc(-c3ccc(NC(=O)C[C@@H]4C[C@@H](O)CN4C(=O)C4CCCCC4)cc3)o2)cc1. The summed E-state index contributed by atoms with van der Waals surface area (Å²) in [5, 5.41) is 26.5. The van der Waals surface area contributed by atoms with Crippen LogP contribution in [0.5, 0.6) is 0 Å². The van der Waals surface area contributed by atoms with E-state index in [0.717, 1.165) is 75.3 Å². The summed E-state index contributed by atoms with van der Waals surface area (Å²) in [7, 11) is 0. The lowest BCUT2D eigenvalue weighted by Gasteiger charge is -2.30. The Morgan fingerprint density at radius 1 is 0.642 bits per heavy atom. The van der Waals surface area contributed by atoms with Crippen LogP contribution in [0.25, 0.3) is 22.8 Å².